The van der Waals surface area contributed by atoms with Crippen LogP contribution in [0.3, 0.4) is 0 Å². The normalized spacial score (nSPS) is 10.5. The third kappa shape index (κ3) is 3.85. The monoisotopic (exact) mass is 350 g/mol. The molecular formula is C17H22N2O4S. The highest BCUT2D eigenvalue weighted by molar-refractivity contribution is 7.98. The fourth-order valence-electron chi connectivity index (χ4n) is 2.36. The van der Waals surface area contributed by atoms with Gasteiger partial charge < -0.3 is 24.5 Å². The van der Waals surface area contributed by atoms with Crippen LogP contribution in [0.2, 0.25) is 0 Å². The highest BCUT2D eigenvalue weighted by atomic mass is 32.2. The van der Waals surface area contributed by atoms with Gasteiger partial charge in [0.1, 0.15) is 12.0 Å². The first kappa shape index (κ1) is 18.2. The van der Waals surface area contributed by atoms with Crippen LogP contribution in [0, 0.1) is 0 Å². The van der Waals surface area contributed by atoms with Crippen LogP contribution < -0.4 is 15.2 Å². The SMILES string of the molecule is COc1cc(CN(C)C(=O)c2coc(CN)c2)c(SC)cc1OC. The van der Waals surface area contributed by atoms with Crippen LogP contribution in [0.1, 0.15) is 21.7 Å². The van der Waals surface area contributed by atoms with Crippen molar-refractivity contribution in [3.63, 3.8) is 0 Å². The third-order valence-corrected chi connectivity index (χ3v) is 4.46. The molecule has 0 spiro atoms. The number of rotatable bonds is 7. The Bertz CT molecular complexity index is 715. The molecule has 7 heteroatoms. The summed E-state index contributed by atoms with van der Waals surface area (Å²) >= 11 is 1.59. The fourth-order valence-corrected chi connectivity index (χ4v) is 2.97. The Morgan fingerprint density at radius 1 is 1.25 bits per heavy atom. The first-order valence-electron chi connectivity index (χ1n) is 7.35. The average Bonchev–Trinajstić information content (AvgIpc) is 3.09. The van der Waals surface area contributed by atoms with E-state index in [2.05, 4.69) is 0 Å². The number of amides is 1. The van der Waals surface area contributed by atoms with E-state index in [-0.39, 0.29) is 12.5 Å². The number of hydrogen-bond acceptors (Lipinski definition) is 6. The predicted molar refractivity (Wildman–Crippen MR) is 93.7 cm³/mol. The number of carbonyl (C=O) groups is 1. The lowest BCUT2D eigenvalue weighted by Crippen LogP contribution is -2.26. The van der Waals surface area contributed by atoms with E-state index in [9.17, 15) is 4.79 Å². The van der Waals surface area contributed by atoms with Gasteiger partial charge in [0.05, 0.1) is 26.3 Å². The first-order valence-corrected chi connectivity index (χ1v) is 8.58. The molecule has 2 aromatic rings. The highest BCUT2D eigenvalue weighted by Crippen LogP contribution is 2.35. The number of carbonyl (C=O) groups excluding carboxylic acids is 1. The topological polar surface area (TPSA) is 77.9 Å². The van der Waals surface area contributed by atoms with Crippen LogP contribution in [0.15, 0.2) is 33.8 Å². The summed E-state index contributed by atoms with van der Waals surface area (Å²) in [7, 11) is 4.94. The molecule has 0 bridgehead atoms. The maximum atomic E-state index is 12.5. The molecule has 2 rings (SSSR count). The smallest absolute Gasteiger partial charge is 0.257 e. The first-order chi connectivity index (χ1) is 11.5. The number of nitrogens with zero attached hydrogens (tertiary/aromatic N) is 1. The lowest BCUT2D eigenvalue weighted by atomic mass is 10.1. The molecule has 0 unspecified atom stereocenters. The van der Waals surface area contributed by atoms with E-state index in [1.54, 1.807) is 44.0 Å². The quantitative estimate of drug-likeness (QED) is 0.774. The zero-order valence-corrected chi connectivity index (χ0v) is 15.1. The lowest BCUT2D eigenvalue weighted by Gasteiger charge is -2.20. The molecule has 1 amide bonds. The van der Waals surface area contributed by atoms with Crippen molar-refractivity contribution in [2.75, 3.05) is 27.5 Å². The highest BCUT2D eigenvalue weighted by Gasteiger charge is 2.18. The molecule has 0 aliphatic rings. The minimum absolute atomic E-state index is 0.125. The molecule has 0 aliphatic heterocycles. The summed E-state index contributed by atoms with van der Waals surface area (Å²) in [6, 6.07) is 5.49. The van der Waals surface area contributed by atoms with Gasteiger partial charge in [0, 0.05) is 18.5 Å². The second kappa shape index (κ2) is 8.12. The summed E-state index contributed by atoms with van der Waals surface area (Å²) in [5.74, 6) is 1.77. The summed E-state index contributed by atoms with van der Waals surface area (Å²) in [6.07, 6.45) is 3.42. The molecule has 1 aromatic heterocycles. The van der Waals surface area contributed by atoms with Crippen molar-refractivity contribution in [3.8, 4) is 11.5 Å². The number of nitrogens with two attached hydrogens (primary N) is 1. The van der Waals surface area contributed by atoms with E-state index in [1.165, 1.54) is 6.26 Å². The molecule has 0 fully saturated rings. The summed E-state index contributed by atoms with van der Waals surface area (Å²) in [5.41, 5.74) is 6.99. The van der Waals surface area contributed by atoms with Crippen molar-refractivity contribution < 1.29 is 18.7 Å². The molecule has 0 aliphatic carbocycles. The van der Waals surface area contributed by atoms with E-state index in [1.807, 2.05) is 18.4 Å². The maximum absolute atomic E-state index is 12.5. The van der Waals surface area contributed by atoms with Crippen LogP contribution in [-0.4, -0.2) is 38.3 Å². The molecule has 1 heterocycles. The summed E-state index contributed by atoms with van der Waals surface area (Å²) < 4.78 is 15.9. The Kier molecular flexibility index (Phi) is 6.16. The Labute approximate surface area is 145 Å². The van der Waals surface area contributed by atoms with Crippen molar-refractivity contribution in [3.05, 3.63) is 41.3 Å². The number of thioether (sulfide) groups is 1. The van der Waals surface area contributed by atoms with Gasteiger partial charge in [-0.1, -0.05) is 0 Å². The van der Waals surface area contributed by atoms with Gasteiger partial charge in [-0.05, 0) is 30.0 Å². The zero-order valence-electron chi connectivity index (χ0n) is 14.3. The fraction of sp³-hybridized carbons (Fsp3) is 0.353. The van der Waals surface area contributed by atoms with Crippen molar-refractivity contribution >= 4 is 17.7 Å². The summed E-state index contributed by atoms with van der Waals surface area (Å²) in [5, 5.41) is 0. The van der Waals surface area contributed by atoms with Crippen LogP contribution in [0.4, 0.5) is 0 Å². The molecule has 130 valence electrons. The molecule has 24 heavy (non-hydrogen) atoms. The molecule has 1 aromatic carbocycles. The van der Waals surface area contributed by atoms with Crippen LogP contribution in [-0.2, 0) is 13.1 Å². The van der Waals surface area contributed by atoms with Gasteiger partial charge in [0.2, 0.25) is 0 Å². The minimum atomic E-state index is -0.125. The zero-order chi connectivity index (χ0) is 17.7. The van der Waals surface area contributed by atoms with E-state index in [0.29, 0.717) is 29.4 Å². The molecule has 0 saturated heterocycles. The van der Waals surface area contributed by atoms with Crippen LogP contribution in [0.5, 0.6) is 11.5 Å². The third-order valence-electron chi connectivity index (χ3n) is 3.64. The Hall–Kier alpha value is -2.12. The van der Waals surface area contributed by atoms with Gasteiger partial charge in [-0.25, -0.2) is 0 Å². The Morgan fingerprint density at radius 2 is 1.92 bits per heavy atom. The van der Waals surface area contributed by atoms with Gasteiger partial charge in [0.25, 0.3) is 5.91 Å². The maximum Gasteiger partial charge on any atom is 0.257 e. The van der Waals surface area contributed by atoms with Gasteiger partial charge in [-0.2, -0.15) is 0 Å². The van der Waals surface area contributed by atoms with Crippen molar-refractivity contribution in [1.29, 1.82) is 0 Å². The lowest BCUT2D eigenvalue weighted by molar-refractivity contribution is 0.0783. The van der Waals surface area contributed by atoms with Gasteiger partial charge in [0.15, 0.2) is 11.5 Å². The van der Waals surface area contributed by atoms with Crippen LogP contribution >= 0.6 is 11.8 Å². The number of benzene rings is 1. The Balaban J connectivity index is 2.23. The van der Waals surface area contributed by atoms with E-state index < -0.39 is 0 Å². The molecule has 0 atom stereocenters. The summed E-state index contributed by atoms with van der Waals surface area (Å²) in [6.45, 7) is 0.710. The van der Waals surface area contributed by atoms with E-state index in [4.69, 9.17) is 19.6 Å². The molecular weight excluding hydrogens is 328 g/mol. The second-order valence-corrected chi connectivity index (χ2v) is 6.03. The van der Waals surface area contributed by atoms with Crippen molar-refractivity contribution in [2.45, 2.75) is 18.0 Å². The second-order valence-electron chi connectivity index (χ2n) is 5.19. The van der Waals surface area contributed by atoms with Crippen molar-refractivity contribution in [1.82, 2.24) is 4.90 Å². The number of hydrogen-bond donors (Lipinski definition) is 1. The standard InChI is InChI=1S/C17H22N2O4S/c1-19(17(20)12-5-13(8-18)23-10-12)9-11-6-14(21-2)15(22-3)7-16(11)24-4/h5-7,10H,8-9,18H2,1-4H3. The average molecular weight is 350 g/mol. The molecule has 0 radical (unpaired) electrons. The van der Waals surface area contributed by atoms with Crippen molar-refractivity contribution in [2.24, 2.45) is 5.73 Å². The van der Waals surface area contributed by atoms with Crippen LogP contribution in [0.25, 0.3) is 0 Å². The summed E-state index contributed by atoms with van der Waals surface area (Å²) in [4.78, 5) is 15.2. The number of methoxy groups -OCH3 is 2. The largest absolute Gasteiger partial charge is 0.493 e. The Morgan fingerprint density at radius 3 is 2.46 bits per heavy atom. The molecule has 0 saturated carbocycles. The molecule has 6 nitrogen and oxygen atoms in total. The predicted octanol–water partition coefficient (Wildman–Crippen LogP) is 2.75. The van der Waals surface area contributed by atoms with Gasteiger partial charge in [-0.3, -0.25) is 4.79 Å². The van der Waals surface area contributed by atoms with Gasteiger partial charge in [-0.15, -0.1) is 11.8 Å². The van der Waals surface area contributed by atoms with Gasteiger partial charge >= 0.3 is 0 Å². The minimum Gasteiger partial charge on any atom is -0.493 e. The number of ether oxygens (including phenoxy) is 2. The van der Waals surface area contributed by atoms with E-state index >= 15 is 0 Å². The molecule has 2 N–H and O–H groups in total. The number of furan rings is 1. The van der Waals surface area contributed by atoms with E-state index in [0.717, 1.165) is 10.5 Å².